The number of fused-ring (bicyclic) bond motifs is 5. The summed E-state index contributed by atoms with van der Waals surface area (Å²) >= 11 is 0. The predicted molar refractivity (Wildman–Crippen MR) is 133 cm³/mol. The summed E-state index contributed by atoms with van der Waals surface area (Å²) in [4.78, 5) is 25.4. The average molecular weight is 466 g/mol. The lowest BCUT2D eigenvalue weighted by atomic mass is 9.48. The standard InChI is InChI=1S/C28H39N3O3/c1-27-14-12-22-20(8-11-24-28(22,2)15-13-25(32)31-24)21(27)9-10-23(27)26(33)30-18-4-6-19(7-5-18)34-17-3-16-29/h4-7,13,15,20-24H,3,8-12,14,16-17,29H2,1-2H3,(H,30,33)(H,31,32)/t20-,21-,22-,23+,24+,27-,28+/m0/s1. The maximum absolute atomic E-state index is 13.4. The second-order valence-corrected chi connectivity index (χ2v) is 11.4. The molecule has 3 fully saturated rings. The summed E-state index contributed by atoms with van der Waals surface area (Å²) in [5.41, 5.74) is 6.42. The van der Waals surface area contributed by atoms with Crippen LogP contribution in [-0.4, -0.2) is 31.0 Å². The Morgan fingerprint density at radius 3 is 2.68 bits per heavy atom. The van der Waals surface area contributed by atoms with E-state index in [2.05, 4.69) is 30.6 Å². The van der Waals surface area contributed by atoms with Gasteiger partial charge in [0.2, 0.25) is 11.8 Å². The van der Waals surface area contributed by atoms with E-state index >= 15 is 0 Å². The molecule has 6 nitrogen and oxygen atoms in total. The van der Waals surface area contributed by atoms with Crippen LogP contribution in [0.4, 0.5) is 5.69 Å². The van der Waals surface area contributed by atoms with Crippen molar-refractivity contribution in [2.24, 2.45) is 40.2 Å². The van der Waals surface area contributed by atoms with Crippen LogP contribution in [0.25, 0.3) is 0 Å². The molecule has 7 atom stereocenters. The van der Waals surface area contributed by atoms with Gasteiger partial charge in [0.1, 0.15) is 5.75 Å². The second-order valence-electron chi connectivity index (χ2n) is 11.4. The Bertz CT molecular complexity index is 960. The molecule has 5 rings (SSSR count). The van der Waals surface area contributed by atoms with Crippen LogP contribution in [0.1, 0.15) is 58.8 Å². The van der Waals surface area contributed by atoms with Crippen LogP contribution in [0.15, 0.2) is 36.4 Å². The van der Waals surface area contributed by atoms with Crippen molar-refractivity contribution in [3.63, 3.8) is 0 Å². The second kappa shape index (κ2) is 9.03. The molecule has 0 aromatic heterocycles. The molecule has 0 saturated heterocycles. The number of benzene rings is 1. The highest BCUT2D eigenvalue weighted by atomic mass is 16.5. The summed E-state index contributed by atoms with van der Waals surface area (Å²) in [5.74, 6) is 2.83. The molecule has 4 N–H and O–H groups in total. The van der Waals surface area contributed by atoms with Gasteiger partial charge in [0, 0.05) is 23.1 Å². The number of carbonyl (C=O) groups excluding carboxylic acids is 2. The number of ether oxygens (including phenoxy) is 1. The molecule has 1 aromatic rings. The van der Waals surface area contributed by atoms with Gasteiger partial charge >= 0.3 is 0 Å². The third kappa shape index (κ3) is 3.94. The largest absolute Gasteiger partial charge is 0.494 e. The lowest BCUT2D eigenvalue weighted by Gasteiger charge is -2.58. The number of hydrogen-bond acceptors (Lipinski definition) is 4. The van der Waals surface area contributed by atoms with E-state index in [9.17, 15) is 9.59 Å². The van der Waals surface area contributed by atoms with E-state index in [0.717, 1.165) is 56.4 Å². The van der Waals surface area contributed by atoms with Gasteiger partial charge in [-0.25, -0.2) is 0 Å². The summed E-state index contributed by atoms with van der Waals surface area (Å²) < 4.78 is 5.67. The molecule has 2 amide bonds. The molecule has 0 spiro atoms. The molecule has 6 heteroatoms. The van der Waals surface area contributed by atoms with E-state index in [4.69, 9.17) is 10.5 Å². The van der Waals surface area contributed by atoms with Crippen molar-refractivity contribution in [1.82, 2.24) is 5.32 Å². The quantitative estimate of drug-likeness (QED) is 0.547. The minimum absolute atomic E-state index is 0.0342. The molecule has 4 aliphatic rings. The van der Waals surface area contributed by atoms with Gasteiger partial charge in [0.25, 0.3) is 0 Å². The number of amides is 2. The fourth-order valence-electron chi connectivity index (χ4n) is 7.90. The van der Waals surface area contributed by atoms with Gasteiger partial charge in [0.05, 0.1) is 6.61 Å². The molecule has 3 saturated carbocycles. The molecule has 1 aromatic carbocycles. The lowest BCUT2D eigenvalue weighted by Crippen LogP contribution is -2.59. The van der Waals surface area contributed by atoms with E-state index < -0.39 is 0 Å². The van der Waals surface area contributed by atoms with E-state index in [1.165, 1.54) is 0 Å². The maximum atomic E-state index is 13.4. The first-order valence-corrected chi connectivity index (χ1v) is 13.1. The predicted octanol–water partition coefficient (Wildman–Crippen LogP) is 4.27. The molecule has 1 aliphatic heterocycles. The first-order valence-electron chi connectivity index (χ1n) is 13.1. The number of rotatable bonds is 6. The van der Waals surface area contributed by atoms with Crippen molar-refractivity contribution in [2.45, 2.75) is 64.8 Å². The Morgan fingerprint density at radius 2 is 1.91 bits per heavy atom. The van der Waals surface area contributed by atoms with Crippen LogP contribution in [0.3, 0.4) is 0 Å². The van der Waals surface area contributed by atoms with E-state index in [1.807, 2.05) is 24.3 Å². The van der Waals surface area contributed by atoms with Crippen LogP contribution >= 0.6 is 0 Å². The zero-order chi connectivity index (χ0) is 23.9. The van der Waals surface area contributed by atoms with Crippen molar-refractivity contribution in [2.75, 3.05) is 18.5 Å². The molecule has 0 radical (unpaired) electrons. The third-order valence-electron chi connectivity index (χ3n) is 9.74. The first-order chi connectivity index (χ1) is 16.3. The van der Waals surface area contributed by atoms with Crippen molar-refractivity contribution in [3.05, 3.63) is 36.4 Å². The minimum Gasteiger partial charge on any atom is -0.494 e. The average Bonchev–Trinajstić information content (AvgIpc) is 3.18. The Balaban J connectivity index is 1.27. The van der Waals surface area contributed by atoms with Gasteiger partial charge in [-0.15, -0.1) is 0 Å². The van der Waals surface area contributed by atoms with Crippen LogP contribution in [-0.2, 0) is 9.59 Å². The SMILES string of the molecule is C[C@]12C=CC(=O)N[C@@H]1CC[C@@H]1[C@@H]2CC[C@]2(C)[C@@H](C(=O)Nc3ccc(OCCCN)cc3)CC[C@@H]12. The Kier molecular flexibility index (Phi) is 6.21. The summed E-state index contributed by atoms with van der Waals surface area (Å²) in [5, 5.41) is 6.42. The molecular formula is C28H39N3O3. The monoisotopic (exact) mass is 465 g/mol. The zero-order valence-corrected chi connectivity index (χ0v) is 20.5. The molecule has 34 heavy (non-hydrogen) atoms. The smallest absolute Gasteiger partial charge is 0.243 e. The van der Waals surface area contributed by atoms with Crippen molar-refractivity contribution in [3.8, 4) is 5.75 Å². The Hall–Kier alpha value is -2.34. The van der Waals surface area contributed by atoms with E-state index in [0.29, 0.717) is 30.9 Å². The number of anilines is 1. The highest BCUT2D eigenvalue weighted by molar-refractivity contribution is 5.93. The number of hydrogen-bond donors (Lipinski definition) is 3. The van der Waals surface area contributed by atoms with Crippen LogP contribution < -0.4 is 21.1 Å². The molecule has 0 bridgehead atoms. The lowest BCUT2D eigenvalue weighted by molar-refractivity contribution is -0.129. The van der Waals surface area contributed by atoms with Crippen LogP contribution in [0.5, 0.6) is 5.75 Å². The van der Waals surface area contributed by atoms with E-state index in [1.54, 1.807) is 6.08 Å². The summed E-state index contributed by atoms with van der Waals surface area (Å²) in [6.07, 6.45) is 11.2. The van der Waals surface area contributed by atoms with Crippen molar-refractivity contribution < 1.29 is 14.3 Å². The highest BCUT2D eigenvalue weighted by Gasteiger charge is 2.60. The van der Waals surface area contributed by atoms with Crippen LogP contribution in [0.2, 0.25) is 0 Å². The third-order valence-corrected chi connectivity index (χ3v) is 9.74. The molecule has 1 heterocycles. The highest BCUT2D eigenvalue weighted by Crippen LogP contribution is 2.65. The summed E-state index contributed by atoms with van der Waals surface area (Å²) in [6, 6.07) is 7.91. The Morgan fingerprint density at radius 1 is 1.12 bits per heavy atom. The van der Waals surface area contributed by atoms with Gasteiger partial charge in [-0.05, 0) is 105 Å². The van der Waals surface area contributed by atoms with Crippen molar-refractivity contribution in [1.29, 1.82) is 0 Å². The topological polar surface area (TPSA) is 93.5 Å². The Labute approximate surface area is 203 Å². The zero-order valence-electron chi connectivity index (χ0n) is 20.5. The maximum Gasteiger partial charge on any atom is 0.243 e. The van der Waals surface area contributed by atoms with Crippen molar-refractivity contribution >= 4 is 17.5 Å². The normalized spacial score (nSPS) is 38.3. The number of carbonyl (C=O) groups is 2. The van der Waals surface area contributed by atoms with Crippen LogP contribution in [0, 0.1) is 34.5 Å². The van der Waals surface area contributed by atoms with E-state index in [-0.39, 0.29) is 34.6 Å². The first kappa shape index (κ1) is 23.4. The molecular weight excluding hydrogens is 426 g/mol. The minimum atomic E-state index is 0.0342. The molecule has 0 unspecified atom stereocenters. The fraction of sp³-hybridized carbons (Fsp3) is 0.643. The number of nitrogens with two attached hydrogens (primary N) is 1. The van der Waals surface area contributed by atoms with Gasteiger partial charge in [-0.3, -0.25) is 9.59 Å². The molecule has 3 aliphatic carbocycles. The van der Waals surface area contributed by atoms with Gasteiger partial charge in [0.15, 0.2) is 0 Å². The fourth-order valence-corrected chi connectivity index (χ4v) is 7.90. The molecule has 184 valence electrons. The van der Waals surface area contributed by atoms with Gasteiger partial charge in [-0.1, -0.05) is 19.9 Å². The van der Waals surface area contributed by atoms with Gasteiger partial charge < -0.3 is 21.1 Å². The summed E-state index contributed by atoms with van der Waals surface area (Å²) in [6.45, 7) is 5.93. The van der Waals surface area contributed by atoms with Gasteiger partial charge in [-0.2, -0.15) is 0 Å². The summed E-state index contributed by atoms with van der Waals surface area (Å²) in [7, 11) is 0. The number of nitrogens with one attached hydrogen (secondary N) is 2.